The number of carbonyl (C=O) groups is 2. The standard InChI is InChI=1S/C15H15N5O2/c16-15(17)19-7-6-18-11-5-4-10-12-8(11)2-1-3-9(12)13(21)20-14(10)22/h1-5,18H,6-7H2,(H4,16,17,19)(H,20,21,22). The van der Waals surface area contributed by atoms with Crippen molar-refractivity contribution in [1.82, 2.24) is 5.32 Å². The van der Waals surface area contributed by atoms with Crippen LogP contribution in [0.3, 0.4) is 0 Å². The van der Waals surface area contributed by atoms with Gasteiger partial charge in [0.15, 0.2) is 5.96 Å². The van der Waals surface area contributed by atoms with Crippen LogP contribution in [0.15, 0.2) is 35.3 Å². The molecule has 0 fully saturated rings. The number of guanidine groups is 1. The molecule has 0 unspecified atom stereocenters. The van der Waals surface area contributed by atoms with Gasteiger partial charge in [0.2, 0.25) is 0 Å². The molecule has 0 bridgehead atoms. The molecule has 0 saturated carbocycles. The van der Waals surface area contributed by atoms with Crippen LogP contribution in [-0.4, -0.2) is 30.9 Å². The minimum atomic E-state index is -0.374. The van der Waals surface area contributed by atoms with E-state index in [0.29, 0.717) is 29.6 Å². The van der Waals surface area contributed by atoms with Crippen molar-refractivity contribution in [2.75, 3.05) is 18.4 Å². The number of imide groups is 1. The van der Waals surface area contributed by atoms with Crippen LogP contribution >= 0.6 is 0 Å². The molecule has 112 valence electrons. The molecule has 1 aliphatic heterocycles. The second-order valence-corrected chi connectivity index (χ2v) is 4.91. The van der Waals surface area contributed by atoms with Gasteiger partial charge in [0, 0.05) is 34.1 Å². The van der Waals surface area contributed by atoms with Crippen LogP contribution in [0, 0.1) is 0 Å². The van der Waals surface area contributed by atoms with Crippen molar-refractivity contribution in [3.8, 4) is 0 Å². The molecule has 0 saturated heterocycles. The molecule has 0 aromatic heterocycles. The van der Waals surface area contributed by atoms with Gasteiger partial charge in [-0.05, 0) is 18.2 Å². The fourth-order valence-corrected chi connectivity index (χ4v) is 2.55. The lowest BCUT2D eigenvalue weighted by Gasteiger charge is -2.18. The second-order valence-electron chi connectivity index (χ2n) is 4.91. The highest BCUT2D eigenvalue weighted by Crippen LogP contribution is 2.31. The van der Waals surface area contributed by atoms with Crippen molar-refractivity contribution in [2.45, 2.75) is 0 Å². The summed E-state index contributed by atoms with van der Waals surface area (Å²) in [4.78, 5) is 27.8. The van der Waals surface area contributed by atoms with E-state index in [-0.39, 0.29) is 17.8 Å². The van der Waals surface area contributed by atoms with E-state index in [2.05, 4.69) is 15.6 Å². The second kappa shape index (κ2) is 5.36. The van der Waals surface area contributed by atoms with E-state index in [1.165, 1.54) is 0 Å². The Bertz CT molecular complexity index is 789. The SMILES string of the molecule is NC(N)=NCCNc1ccc2c3c(cccc13)C(=O)NC2=O. The topological polar surface area (TPSA) is 123 Å². The molecule has 2 amide bonds. The Morgan fingerprint density at radius 3 is 2.55 bits per heavy atom. The van der Waals surface area contributed by atoms with Gasteiger partial charge >= 0.3 is 0 Å². The maximum absolute atomic E-state index is 11.9. The Morgan fingerprint density at radius 1 is 1.09 bits per heavy atom. The first kappa shape index (κ1) is 13.9. The highest BCUT2D eigenvalue weighted by atomic mass is 16.2. The van der Waals surface area contributed by atoms with Crippen LogP contribution in [0.1, 0.15) is 20.7 Å². The predicted molar refractivity (Wildman–Crippen MR) is 84.9 cm³/mol. The Kier molecular flexibility index (Phi) is 3.38. The first-order valence-electron chi connectivity index (χ1n) is 6.78. The molecule has 1 aliphatic rings. The molecule has 2 aromatic rings. The van der Waals surface area contributed by atoms with Crippen LogP contribution in [-0.2, 0) is 0 Å². The summed E-state index contributed by atoms with van der Waals surface area (Å²) >= 11 is 0. The number of carbonyl (C=O) groups excluding carboxylic acids is 2. The third-order valence-corrected chi connectivity index (χ3v) is 3.48. The van der Waals surface area contributed by atoms with Crippen LogP contribution in [0.2, 0.25) is 0 Å². The maximum Gasteiger partial charge on any atom is 0.258 e. The first-order valence-corrected chi connectivity index (χ1v) is 6.78. The van der Waals surface area contributed by atoms with Gasteiger partial charge in [-0.3, -0.25) is 19.9 Å². The lowest BCUT2D eigenvalue weighted by Crippen LogP contribution is -2.34. The molecule has 0 aliphatic carbocycles. The summed E-state index contributed by atoms with van der Waals surface area (Å²) in [6.07, 6.45) is 0. The molecular weight excluding hydrogens is 282 g/mol. The molecule has 0 radical (unpaired) electrons. The van der Waals surface area contributed by atoms with Crippen molar-refractivity contribution in [3.63, 3.8) is 0 Å². The number of nitrogens with one attached hydrogen (secondary N) is 2. The monoisotopic (exact) mass is 297 g/mol. The molecule has 7 nitrogen and oxygen atoms in total. The fraction of sp³-hybridized carbons (Fsp3) is 0.133. The first-order chi connectivity index (χ1) is 10.6. The quantitative estimate of drug-likeness (QED) is 0.282. The Labute approximate surface area is 126 Å². The number of anilines is 1. The number of nitrogens with two attached hydrogens (primary N) is 2. The summed E-state index contributed by atoms with van der Waals surface area (Å²) in [5, 5.41) is 7.04. The van der Waals surface area contributed by atoms with E-state index >= 15 is 0 Å². The molecule has 1 heterocycles. The maximum atomic E-state index is 11.9. The molecule has 7 heteroatoms. The van der Waals surface area contributed by atoms with Crippen LogP contribution in [0.25, 0.3) is 10.8 Å². The highest BCUT2D eigenvalue weighted by Gasteiger charge is 2.25. The fourth-order valence-electron chi connectivity index (χ4n) is 2.55. The number of hydrogen-bond donors (Lipinski definition) is 4. The van der Waals surface area contributed by atoms with Crippen molar-refractivity contribution < 1.29 is 9.59 Å². The zero-order valence-corrected chi connectivity index (χ0v) is 11.7. The van der Waals surface area contributed by atoms with Gasteiger partial charge in [0.1, 0.15) is 0 Å². The van der Waals surface area contributed by atoms with E-state index in [1.807, 2.05) is 12.1 Å². The number of aliphatic imine (C=N–C) groups is 1. The summed E-state index contributed by atoms with van der Waals surface area (Å²) in [5.74, 6) is -0.706. The largest absolute Gasteiger partial charge is 0.383 e. The Hall–Kier alpha value is -3.09. The minimum absolute atomic E-state index is 0.0426. The number of benzene rings is 2. The van der Waals surface area contributed by atoms with Gasteiger partial charge in [-0.2, -0.15) is 0 Å². The van der Waals surface area contributed by atoms with E-state index < -0.39 is 0 Å². The van der Waals surface area contributed by atoms with Crippen LogP contribution in [0.4, 0.5) is 5.69 Å². The van der Waals surface area contributed by atoms with Crippen molar-refractivity contribution in [1.29, 1.82) is 0 Å². The average molecular weight is 297 g/mol. The molecular formula is C15H15N5O2. The Morgan fingerprint density at radius 2 is 1.82 bits per heavy atom. The highest BCUT2D eigenvalue weighted by molar-refractivity contribution is 6.26. The molecule has 3 rings (SSSR count). The predicted octanol–water partition coefficient (Wildman–Crippen LogP) is 0.409. The normalized spacial score (nSPS) is 12.9. The lowest BCUT2D eigenvalue weighted by atomic mass is 9.94. The average Bonchev–Trinajstić information content (AvgIpc) is 2.49. The van der Waals surface area contributed by atoms with Crippen LogP contribution < -0.4 is 22.1 Å². The van der Waals surface area contributed by atoms with E-state index in [4.69, 9.17) is 11.5 Å². The van der Waals surface area contributed by atoms with Gasteiger partial charge in [-0.1, -0.05) is 12.1 Å². The molecule has 6 N–H and O–H groups in total. The van der Waals surface area contributed by atoms with E-state index in [1.54, 1.807) is 18.2 Å². The summed E-state index contributed by atoms with van der Waals surface area (Å²) in [5.41, 5.74) is 12.4. The van der Waals surface area contributed by atoms with Gasteiger partial charge in [-0.15, -0.1) is 0 Å². The van der Waals surface area contributed by atoms with Gasteiger partial charge in [0.25, 0.3) is 11.8 Å². The third-order valence-electron chi connectivity index (χ3n) is 3.48. The van der Waals surface area contributed by atoms with E-state index in [9.17, 15) is 9.59 Å². The smallest absolute Gasteiger partial charge is 0.258 e. The zero-order chi connectivity index (χ0) is 15.7. The van der Waals surface area contributed by atoms with Crippen molar-refractivity contribution in [3.05, 3.63) is 41.5 Å². The van der Waals surface area contributed by atoms with Gasteiger partial charge in [-0.25, -0.2) is 0 Å². The Balaban J connectivity index is 2.01. The number of hydrogen-bond acceptors (Lipinski definition) is 4. The van der Waals surface area contributed by atoms with Crippen molar-refractivity contribution >= 4 is 34.2 Å². The summed E-state index contributed by atoms with van der Waals surface area (Å²) < 4.78 is 0. The third kappa shape index (κ3) is 2.32. The van der Waals surface area contributed by atoms with Gasteiger partial charge in [0.05, 0.1) is 6.54 Å². The van der Waals surface area contributed by atoms with Crippen molar-refractivity contribution in [2.24, 2.45) is 16.5 Å². The molecule has 0 spiro atoms. The molecule has 2 aromatic carbocycles. The van der Waals surface area contributed by atoms with Gasteiger partial charge < -0.3 is 16.8 Å². The number of nitrogens with zero attached hydrogens (tertiary/aromatic N) is 1. The zero-order valence-electron chi connectivity index (χ0n) is 11.7. The molecule has 0 atom stereocenters. The summed E-state index contributed by atoms with van der Waals surface area (Å²) in [6, 6.07) is 8.88. The summed E-state index contributed by atoms with van der Waals surface area (Å²) in [7, 11) is 0. The number of rotatable bonds is 4. The summed E-state index contributed by atoms with van der Waals surface area (Å²) in [6.45, 7) is 0.974. The van der Waals surface area contributed by atoms with E-state index in [0.717, 1.165) is 11.1 Å². The number of amides is 2. The van der Waals surface area contributed by atoms with Crippen LogP contribution in [0.5, 0.6) is 0 Å². The molecule has 22 heavy (non-hydrogen) atoms. The minimum Gasteiger partial charge on any atom is -0.383 e. The lowest BCUT2D eigenvalue weighted by molar-refractivity contribution is 0.0845.